The van der Waals surface area contributed by atoms with Gasteiger partial charge in [-0.05, 0) is 23.8 Å². The molecule has 2 aromatic heterocycles. The number of fused-ring (bicyclic) bond motifs is 1. The largest absolute Gasteiger partial charge is 0.380 e. The summed E-state index contributed by atoms with van der Waals surface area (Å²) in [6.07, 6.45) is 1.76. The number of aromatic nitrogens is 1. The maximum atomic E-state index is 14.3. The van der Waals surface area contributed by atoms with Crippen molar-refractivity contribution in [2.75, 3.05) is 12.4 Å². The second-order valence-corrected chi connectivity index (χ2v) is 8.62. The predicted molar refractivity (Wildman–Crippen MR) is 112 cm³/mol. The van der Waals surface area contributed by atoms with Gasteiger partial charge in [0.25, 0.3) is 5.91 Å². The molecule has 4 nitrogen and oxygen atoms in total. The number of nitrogens with zero attached hydrogens (tertiary/aromatic N) is 1. The first kappa shape index (κ1) is 20.5. The highest BCUT2D eigenvalue weighted by molar-refractivity contribution is 7.21. The van der Waals surface area contributed by atoms with E-state index in [1.807, 2.05) is 0 Å². The van der Waals surface area contributed by atoms with Gasteiger partial charge in [-0.2, -0.15) is 0 Å². The van der Waals surface area contributed by atoms with Crippen LogP contribution in [0, 0.1) is 17.5 Å². The number of anilines is 1. The molecule has 1 N–H and O–H groups in total. The van der Waals surface area contributed by atoms with Gasteiger partial charge in [-0.25, -0.2) is 18.2 Å². The Hall–Kier alpha value is -2.75. The quantitative estimate of drug-likeness (QED) is 0.408. The fourth-order valence-corrected chi connectivity index (χ4v) is 5.03. The molecule has 0 fully saturated rings. The predicted octanol–water partition coefficient (Wildman–Crippen LogP) is 5.76. The summed E-state index contributed by atoms with van der Waals surface area (Å²) in [5.41, 5.74) is 0.818. The number of thiophene rings is 1. The number of hydrogen-bond donors (Lipinski definition) is 1. The number of halogens is 3. The molecule has 0 saturated heterocycles. The van der Waals surface area contributed by atoms with E-state index in [4.69, 9.17) is 4.74 Å². The van der Waals surface area contributed by atoms with E-state index >= 15 is 0 Å². The molecule has 0 atom stereocenters. The van der Waals surface area contributed by atoms with Crippen LogP contribution in [0.2, 0.25) is 0 Å². The zero-order valence-electron chi connectivity index (χ0n) is 15.7. The minimum Gasteiger partial charge on any atom is -0.380 e. The number of rotatable bonds is 6. The average molecular weight is 448 g/mol. The second kappa shape index (κ2) is 8.55. The normalized spacial score (nSPS) is 11.2. The lowest BCUT2D eigenvalue weighted by molar-refractivity contribution is 0.102. The summed E-state index contributed by atoms with van der Waals surface area (Å²) >= 11 is 2.37. The molecule has 4 aromatic rings. The molecule has 0 unspecified atom stereocenters. The molecule has 0 saturated carbocycles. The topological polar surface area (TPSA) is 51.2 Å². The summed E-state index contributed by atoms with van der Waals surface area (Å²) in [4.78, 5) is 18.0. The Morgan fingerprint density at radius 3 is 2.73 bits per heavy atom. The van der Waals surface area contributed by atoms with Crippen LogP contribution in [0.15, 0.2) is 42.6 Å². The van der Waals surface area contributed by atoms with E-state index in [0.717, 1.165) is 6.07 Å². The Bertz CT molecular complexity index is 1240. The van der Waals surface area contributed by atoms with Crippen LogP contribution < -0.4 is 5.32 Å². The van der Waals surface area contributed by atoms with Crippen LogP contribution in [0.4, 0.5) is 18.3 Å². The van der Waals surface area contributed by atoms with Crippen LogP contribution in [0.3, 0.4) is 0 Å². The molecule has 9 heteroatoms. The minimum absolute atomic E-state index is 0.0939. The number of carbonyl (C=O) groups is 1. The Kier molecular flexibility index (Phi) is 5.85. The molecule has 0 radical (unpaired) electrons. The maximum absolute atomic E-state index is 14.3. The second-order valence-electron chi connectivity index (χ2n) is 6.45. The van der Waals surface area contributed by atoms with E-state index in [-0.39, 0.29) is 13.0 Å². The standard InChI is InChI=1S/C21H15F3N2O2S2/c1-28-10-14-18-15(23)3-2-4-17(18)30-19(14)20(27)26-21-25-9-13(29-21)7-11-5-6-12(22)8-16(11)24/h2-6,8-9H,7,10H2,1H3,(H,25,26,27). The van der Waals surface area contributed by atoms with Crippen molar-refractivity contribution in [3.05, 3.63) is 80.9 Å². The van der Waals surface area contributed by atoms with E-state index in [1.54, 1.807) is 12.1 Å². The molecule has 0 spiro atoms. The molecule has 4 rings (SSSR count). The maximum Gasteiger partial charge on any atom is 0.267 e. The summed E-state index contributed by atoms with van der Waals surface area (Å²) in [6, 6.07) is 8.09. The summed E-state index contributed by atoms with van der Waals surface area (Å²) in [5.74, 6) is -2.10. The van der Waals surface area contributed by atoms with Crippen molar-refractivity contribution < 1.29 is 22.7 Å². The number of benzene rings is 2. The molecular weight excluding hydrogens is 433 g/mol. The minimum atomic E-state index is -0.639. The summed E-state index contributed by atoms with van der Waals surface area (Å²) < 4.78 is 47.0. The van der Waals surface area contributed by atoms with Crippen molar-refractivity contribution in [3.8, 4) is 0 Å². The molecule has 30 heavy (non-hydrogen) atoms. The fraction of sp³-hybridized carbons (Fsp3) is 0.143. The number of amides is 1. The number of methoxy groups -OCH3 is 1. The number of thiazole rings is 1. The summed E-state index contributed by atoms with van der Waals surface area (Å²) in [6.45, 7) is 0.0939. The zero-order valence-corrected chi connectivity index (χ0v) is 17.3. The first-order valence-electron chi connectivity index (χ1n) is 8.85. The lowest BCUT2D eigenvalue weighted by atomic mass is 10.1. The third-order valence-electron chi connectivity index (χ3n) is 4.41. The third kappa shape index (κ3) is 4.09. The van der Waals surface area contributed by atoms with Crippen LogP contribution in [0.1, 0.15) is 25.7 Å². The third-order valence-corrected chi connectivity index (χ3v) is 6.52. The monoisotopic (exact) mass is 448 g/mol. The van der Waals surface area contributed by atoms with E-state index in [9.17, 15) is 18.0 Å². The van der Waals surface area contributed by atoms with Gasteiger partial charge in [0.15, 0.2) is 5.13 Å². The van der Waals surface area contributed by atoms with Crippen molar-refractivity contribution in [3.63, 3.8) is 0 Å². The highest BCUT2D eigenvalue weighted by Gasteiger charge is 2.21. The van der Waals surface area contributed by atoms with Gasteiger partial charge >= 0.3 is 0 Å². The van der Waals surface area contributed by atoms with Crippen LogP contribution >= 0.6 is 22.7 Å². The SMILES string of the molecule is COCc1c(C(=O)Nc2ncc(Cc3ccc(F)cc3F)s2)sc2cccc(F)c12. The van der Waals surface area contributed by atoms with Crippen molar-refractivity contribution in [1.82, 2.24) is 4.98 Å². The van der Waals surface area contributed by atoms with Crippen molar-refractivity contribution in [1.29, 1.82) is 0 Å². The van der Waals surface area contributed by atoms with Gasteiger partial charge in [-0.1, -0.05) is 12.1 Å². The van der Waals surface area contributed by atoms with Crippen LogP contribution in [0.5, 0.6) is 0 Å². The first-order valence-corrected chi connectivity index (χ1v) is 10.5. The van der Waals surface area contributed by atoms with E-state index in [0.29, 0.717) is 36.1 Å². The molecule has 1 amide bonds. The molecule has 154 valence electrons. The molecule has 2 aromatic carbocycles. The molecule has 0 aliphatic carbocycles. The highest BCUT2D eigenvalue weighted by atomic mass is 32.1. The number of ether oxygens (including phenoxy) is 1. The smallest absolute Gasteiger partial charge is 0.267 e. The van der Waals surface area contributed by atoms with E-state index in [1.165, 1.54) is 54.2 Å². The number of carbonyl (C=O) groups excluding carboxylic acids is 1. The van der Waals surface area contributed by atoms with Gasteiger partial charge in [-0.3, -0.25) is 10.1 Å². The van der Waals surface area contributed by atoms with Gasteiger partial charge < -0.3 is 4.74 Å². The fourth-order valence-electron chi connectivity index (χ4n) is 3.09. The van der Waals surface area contributed by atoms with Gasteiger partial charge in [0.1, 0.15) is 17.5 Å². The highest BCUT2D eigenvalue weighted by Crippen LogP contribution is 2.34. The zero-order chi connectivity index (χ0) is 21.3. The Labute approximate surface area is 178 Å². The van der Waals surface area contributed by atoms with Crippen LogP contribution in [-0.2, 0) is 17.8 Å². The lowest BCUT2D eigenvalue weighted by Gasteiger charge is -2.04. The van der Waals surface area contributed by atoms with Gasteiger partial charge in [0.05, 0.1) is 11.5 Å². The van der Waals surface area contributed by atoms with Crippen molar-refractivity contribution in [2.45, 2.75) is 13.0 Å². The Morgan fingerprint density at radius 2 is 1.97 bits per heavy atom. The summed E-state index contributed by atoms with van der Waals surface area (Å²) in [7, 11) is 1.48. The molecular formula is C21H15F3N2O2S2. The number of nitrogens with one attached hydrogen (secondary N) is 1. The van der Waals surface area contributed by atoms with E-state index < -0.39 is 23.4 Å². The van der Waals surface area contributed by atoms with Crippen LogP contribution in [0.25, 0.3) is 10.1 Å². The number of hydrogen-bond acceptors (Lipinski definition) is 5. The average Bonchev–Trinajstić information content (AvgIpc) is 3.30. The Morgan fingerprint density at radius 1 is 1.13 bits per heavy atom. The van der Waals surface area contributed by atoms with Crippen molar-refractivity contribution >= 4 is 43.8 Å². The first-order chi connectivity index (χ1) is 14.5. The molecule has 0 bridgehead atoms. The Balaban J connectivity index is 1.56. The van der Waals surface area contributed by atoms with Gasteiger partial charge in [0, 0.05) is 46.3 Å². The molecule has 2 heterocycles. The van der Waals surface area contributed by atoms with Gasteiger partial charge in [-0.15, -0.1) is 22.7 Å². The van der Waals surface area contributed by atoms with Crippen molar-refractivity contribution in [2.24, 2.45) is 0 Å². The van der Waals surface area contributed by atoms with Gasteiger partial charge in [0.2, 0.25) is 0 Å². The molecule has 0 aliphatic heterocycles. The lowest BCUT2D eigenvalue weighted by Crippen LogP contribution is -2.12. The summed E-state index contributed by atoms with van der Waals surface area (Å²) in [5, 5.41) is 3.42. The van der Waals surface area contributed by atoms with Crippen LogP contribution in [-0.4, -0.2) is 18.0 Å². The molecule has 0 aliphatic rings. The van der Waals surface area contributed by atoms with E-state index in [2.05, 4.69) is 10.3 Å².